The highest BCUT2D eigenvalue weighted by Crippen LogP contribution is 2.21. The number of amides is 1. The number of nitrogens with zero attached hydrogens (tertiary/aromatic N) is 2. The predicted molar refractivity (Wildman–Crippen MR) is 89.7 cm³/mol. The summed E-state index contributed by atoms with van der Waals surface area (Å²) in [5.74, 6) is 0.466. The molecular weight excluding hydrogens is 336 g/mol. The second-order valence-corrected chi connectivity index (χ2v) is 9.37. The minimum absolute atomic E-state index is 0.0447. The predicted octanol–water partition coefficient (Wildman–Crippen LogP) is 1.08. The zero-order chi connectivity index (χ0) is 17.0. The fourth-order valence-corrected chi connectivity index (χ4v) is 5.14. The first kappa shape index (κ1) is 18.1. The van der Waals surface area contributed by atoms with Gasteiger partial charge in [-0.15, -0.1) is 0 Å². The Kier molecular flexibility index (Phi) is 5.91. The van der Waals surface area contributed by atoms with Gasteiger partial charge in [0.25, 0.3) is 5.03 Å². The van der Waals surface area contributed by atoms with Crippen LogP contribution in [-0.2, 0) is 14.6 Å². The number of carbonyl (C=O) groups is 1. The molecule has 1 saturated heterocycles. The largest absolute Gasteiger partial charge is 0.618 e. The molecule has 1 amide bonds. The van der Waals surface area contributed by atoms with E-state index in [-0.39, 0.29) is 35.1 Å². The molecule has 0 radical (unpaired) electrons. The van der Waals surface area contributed by atoms with Crippen molar-refractivity contribution in [2.24, 2.45) is 5.92 Å². The van der Waals surface area contributed by atoms with Crippen LogP contribution < -0.4 is 4.73 Å². The Morgan fingerprint density at radius 3 is 2.78 bits per heavy atom. The molecule has 128 valence electrons. The summed E-state index contributed by atoms with van der Waals surface area (Å²) in [5.41, 5.74) is 0. The molecule has 2 rings (SSSR count). The van der Waals surface area contributed by atoms with E-state index in [1.165, 1.54) is 18.0 Å². The number of aromatic nitrogens is 1. The maximum absolute atomic E-state index is 12.6. The molecular formula is C15H22N2O4S2. The normalized spacial score (nSPS) is 19.9. The molecule has 0 spiro atoms. The third kappa shape index (κ3) is 5.10. The highest BCUT2D eigenvalue weighted by Gasteiger charge is 2.34. The molecule has 1 aromatic heterocycles. The van der Waals surface area contributed by atoms with Crippen molar-refractivity contribution in [2.75, 3.05) is 23.8 Å². The molecule has 2 heterocycles. The third-order valence-electron chi connectivity index (χ3n) is 3.66. The molecule has 0 saturated carbocycles. The molecule has 1 aliphatic heterocycles. The van der Waals surface area contributed by atoms with Crippen LogP contribution in [0, 0.1) is 11.1 Å². The number of hydrogen-bond donors (Lipinski definition) is 0. The van der Waals surface area contributed by atoms with Gasteiger partial charge in [-0.05, 0) is 30.2 Å². The summed E-state index contributed by atoms with van der Waals surface area (Å²) in [4.78, 5) is 14.2. The first-order valence-electron chi connectivity index (χ1n) is 7.59. The average molecular weight is 358 g/mol. The van der Waals surface area contributed by atoms with Crippen LogP contribution in [0.4, 0.5) is 0 Å². The number of carbonyl (C=O) groups excluding carboxylic acids is 1. The van der Waals surface area contributed by atoms with Crippen LogP contribution in [0.3, 0.4) is 0 Å². The lowest BCUT2D eigenvalue weighted by Gasteiger charge is -2.29. The van der Waals surface area contributed by atoms with Gasteiger partial charge in [0.1, 0.15) is 0 Å². The first-order chi connectivity index (χ1) is 10.8. The van der Waals surface area contributed by atoms with Gasteiger partial charge in [-0.25, -0.2) is 8.42 Å². The van der Waals surface area contributed by atoms with Gasteiger partial charge >= 0.3 is 0 Å². The van der Waals surface area contributed by atoms with Crippen molar-refractivity contribution in [1.29, 1.82) is 0 Å². The quantitative estimate of drug-likeness (QED) is 0.432. The van der Waals surface area contributed by atoms with Crippen LogP contribution in [0.15, 0.2) is 29.4 Å². The molecule has 0 aromatic carbocycles. The summed E-state index contributed by atoms with van der Waals surface area (Å²) in [7, 11) is -3.04. The summed E-state index contributed by atoms with van der Waals surface area (Å²) < 4.78 is 24.1. The Morgan fingerprint density at radius 1 is 1.48 bits per heavy atom. The van der Waals surface area contributed by atoms with Crippen LogP contribution in [-0.4, -0.2) is 49.1 Å². The standard InChI is InChI=1S/C15H22N2O4S2/c1-12(2)9-16(13-6-8-23(20,21)11-13)14(18)10-22-15-5-3-4-7-17(15)19/h3-5,7,12-13H,6,8-11H2,1-2H3. The van der Waals surface area contributed by atoms with Gasteiger partial charge in [0.2, 0.25) is 5.91 Å². The van der Waals surface area contributed by atoms with Crippen molar-refractivity contribution >= 4 is 27.5 Å². The third-order valence-corrected chi connectivity index (χ3v) is 6.42. The number of hydrogen-bond acceptors (Lipinski definition) is 5. The minimum atomic E-state index is -3.04. The van der Waals surface area contributed by atoms with Crippen molar-refractivity contribution in [3.8, 4) is 0 Å². The second kappa shape index (κ2) is 7.53. The van der Waals surface area contributed by atoms with E-state index in [1.54, 1.807) is 23.1 Å². The number of pyridine rings is 1. The smallest absolute Gasteiger partial charge is 0.251 e. The van der Waals surface area contributed by atoms with E-state index in [9.17, 15) is 18.4 Å². The Labute approximate surface area is 141 Å². The molecule has 0 bridgehead atoms. The van der Waals surface area contributed by atoms with Crippen molar-refractivity contribution in [1.82, 2.24) is 4.90 Å². The second-order valence-electron chi connectivity index (χ2n) is 6.15. The topological polar surface area (TPSA) is 81.4 Å². The van der Waals surface area contributed by atoms with Gasteiger partial charge in [-0.2, -0.15) is 4.73 Å². The fourth-order valence-electron chi connectivity index (χ4n) is 2.61. The molecule has 1 aliphatic rings. The molecule has 0 N–H and O–H groups in total. The van der Waals surface area contributed by atoms with Crippen LogP contribution in [0.2, 0.25) is 0 Å². The Morgan fingerprint density at radius 2 is 2.22 bits per heavy atom. The monoisotopic (exact) mass is 358 g/mol. The number of thioether (sulfide) groups is 1. The van der Waals surface area contributed by atoms with E-state index in [0.29, 0.717) is 18.0 Å². The van der Waals surface area contributed by atoms with Gasteiger partial charge in [0.05, 0.1) is 17.3 Å². The van der Waals surface area contributed by atoms with Crippen molar-refractivity contribution in [3.05, 3.63) is 29.6 Å². The Bertz CT molecular complexity index is 661. The van der Waals surface area contributed by atoms with Gasteiger partial charge in [0, 0.05) is 24.7 Å². The summed E-state index contributed by atoms with van der Waals surface area (Å²) in [6, 6.07) is 4.80. The number of sulfone groups is 1. The molecule has 1 aromatic rings. The van der Waals surface area contributed by atoms with Gasteiger partial charge in [0.15, 0.2) is 16.0 Å². The van der Waals surface area contributed by atoms with Crippen LogP contribution in [0.5, 0.6) is 0 Å². The van der Waals surface area contributed by atoms with Crippen LogP contribution in [0.25, 0.3) is 0 Å². The van der Waals surface area contributed by atoms with Crippen molar-refractivity contribution in [2.45, 2.75) is 31.3 Å². The van der Waals surface area contributed by atoms with E-state index in [2.05, 4.69) is 0 Å². The van der Waals surface area contributed by atoms with E-state index >= 15 is 0 Å². The fraction of sp³-hybridized carbons (Fsp3) is 0.600. The molecule has 23 heavy (non-hydrogen) atoms. The maximum Gasteiger partial charge on any atom is 0.251 e. The zero-order valence-corrected chi connectivity index (χ0v) is 15.0. The first-order valence-corrected chi connectivity index (χ1v) is 10.4. The van der Waals surface area contributed by atoms with Crippen molar-refractivity contribution in [3.63, 3.8) is 0 Å². The molecule has 6 nitrogen and oxygen atoms in total. The molecule has 1 unspecified atom stereocenters. The van der Waals surface area contributed by atoms with E-state index < -0.39 is 9.84 Å². The van der Waals surface area contributed by atoms with Crippen molar-refractivity contribution < 1.29 is 17.9 Å². The lowest BCUT2D eigenvalue weighted by atomic mass is 10.1. The Hall–Kier alpha value is -1.28. The summed E-state index contributed by atoms with van der Waals surface area (Å²) in [6.07, 6.45) is 1.89. The molecule has 0 aliphatic carbocycles. The lowest BCUT2D eigenvalue weighted by Crippen LogP contribution is -2.44. The van der Waals surface area contributed by atoms with Gasteiger partial charge in [-0.1, -0.05) is 13.8 Å². The van der Waals surface area contributed by atoms with Gasteiger partial charge < -0.3 is 10.1 Å². The highest BCUT2D eigenvalue weighted by atomic mass is 32.2. The highest BCUT2D eigenvalue weighted by molar-refractivity contribution is 7.99. The average Bonchev–Trinajstić information content (AvgIpc) is 2.83. The summed E-state index contributed by atoms with van der Waals surface area (Å²) in [6.45, 7) is 4.53. The van der Waals surface area contributed by atoms with E-state index in [0.717, 1.165) is 4.73 Å². The summed E-state index contributed by atoms with van der Waals surface area (Å²) >= 11 is 1.18. The molecule has 8 heteroatoms. The lowest BCUT2D eigenvalue weighted by molar-refractivity contribution is -0.645. The van der Waals surface area contributed by atoms with E-state index in [1.807, 2.05) is 13.8 Å². The van der Waals surface area contributed by atoms with Gasteiger partial charge in [-0.3, -0.25) is 4.79 Å². The number of rotatable bonds is 6. The minimum Gasteiger partial charge on any atom is -0.618 e. The summed E-state index contributed by atoms with van der Waals surface area (Å²) in [5, 5.41) is 12.1. The molecule has 1 fully saturated rings. The Balaban J connectivity index is 2.04. The van der Waals surface area contributed by atoms with Crippen LogP contribution >= 0.6 is 11.8 Å². The zero-order valence-electron chi connectivity index (χ0n) is 13.3. The maximum atomic E-state index is 12.6. The van der Waals surface area contributed by atoms with Crippen LogP contribution in [0.1, 0.15) is 20.3 Å². The van der Waals surface area contributed by atoms with E-state index in [4.69, 9.17) is 0 Å². The molecule has 1 atom stereocenters. The SMILES string of the molecule is CC(C)CN(C(=O)CSc1cccc[n+]1[O-])C1CCS(=O)(=O)C1.